The van der Waals surface area contributed by atoms with Crippen molar-refractivity contribution in [3.05, 3.63) is 40.6 Å². The average molecular weight is 199 g/mol. The highest BCUT2D eigenvalue weighted by atomic mass is 16.1. The van der Waals surface area contributed by atoms with E-state index < -0.39 is 0 Å². The molecule has 1 aromatic carbocycles. The van der Waals surface area contributed by atoms with Gasteiger partial charge in [-0.15, -0.1) is 0 Å². The van der Waals surface area contributed by atoms with E-state index in [1.165, 1.54) is 11.1 Å². The molecule has 0 bridgehead atoms. The van der Waals surface area contributed by atoms with E-state index >= 15 is 0 Å². The molecule has 0 unspecified atom stereocenters. The molecule has 15 heavy (non-hydrogen) atoms. The zero-order valence-electron chi connectivity index (χ0n) is 9.16. The summed E-state index contributed by atoms with van der Waals surface area (Å²) in [7, 11) is 0. The van der Waals surface area contributed by atoms with E-state index in [9.17, 15) is 4.79 Å². The van der Waals surface area contributed by atoms with Gasteiger partial charge in [0.25, 0.3) is 0 Å². The Balaban J connectivity index is 2.91. The third-order valence-electron chi connectivity index (χ3n) is 2.84. The van der Waals surface area contributed by atoms with Crippen LogP contribution in [0.4, 0.5) is 0 Å². The van der Waals surface area contributed by atoms with Crippen molar-refractivity contribution in [1.82, 2.24) is 4.98 Å². The van der Waals surface area contributed by atoms with E-state index in [1.807, 2.05) is 13.0 Å². The summed E-state index contributed by atoms with van der Waals surface area (Å²) in [5.74, 6) is 0. The number of fused-ring (bicyclic) bond motifs is 1. The van der Waals surface area contributed by atoms with E-state index in [2.05, 4.69) is 24.9 Å². The van der Waals surface area contributed by atoms with Crippen LogP contribution in [0, 0.1) is 20.8 Å². The topological polar surface area (TPSA) is 30.0 Å². The second kappa shape index (κ2) is 3.46. The van der Waals surface area contributed by atoms with Crippen LogP contribution in [-0.4, -0.2) is 11.3 Å². The molecule has 2 aromatic rings. The molecule has 0 N–H and O–H groups in total. The van der Waals surface area contributed by atoms with Crippen molar-refractivity contribution in [3.8, 4) is 0 Å². The Hall–Kier alpha value is -1.70. The molecule has 2 rings (SSSR count). The van der Waals surface area contributed by atoms with Crippen LogP contribution in [0.1, 0.15) is 27.2 Å². The number of hydrogen-bond donors (Lipinski definition) is 0. The molecule has 1 heterocycles. The molecule has 2 heteroatoms. The number of rotatable bonds is 1. The van der Waals surface area contributed by atoms with Gasteiger partial charge in [-0.2, -0.15) is 0 Å². The average Bonchev–Trinajstić information content (AvgIpc) is 2.25. The highest BCUT2D eigenvalue weighted by molar-refractivity contribution is 5.88. The lowest BCUT2D eigenvalue weighted by Gasteiger charge is -2.08. The zero-order chi connectivity index (χ0) is 11.0. The summed E-state index contributed by atoms with van der Waals surface area (Å²) in [6.07, 6.45) is 0.788. The van der Waals surface area contributed by atoms with Crippen molar-refractivity contribution >= 4 is 17.2 Å². The Labute approximate surface area is 89.0 Å². The second-order valence-electron chi connectivity index (χ2n) is 3.89. The first-order valence-electron chi connectivity index (χ1n) is 4.96. The van der Waals surface area contributed by atoms with Crippen molar-refractivity contribution < 1.29 is 4.79 Å². The fourth-order valence-corrected chi connectivity index (χ4v) is 1.84. The molecule has 0 spiro atoms. The third kappa shape index (κ3) is 1.52. The fraction of sp³-hybridized carbons (Fsp3) is 0.231. The van der Waals surface area contributed by atoms with E-state index in [0.29, 0.717) is 5.69 Å². The minimum atomic E-state index is 0.496. The maximum Gasteiger partial charge on any atom is 0.168 e. The van der Waals surface area contributed by atoms with Crippen LogP contribution in [0.3, 0.4) is 0 Å². The number of benzene rings is 1. The molecule has 0 fully saturated rings. The molecule has 0 aliphatic carbocycles. The third-order valence-corrected chi connectivity index (χ3v) is 2.84. The number of aromatic nitrogens is 1. The molecule has 76 valence electrons. The van der Waals surface area contributed by atoms with Gasteiger partial charge in [0, 0.05) is 5.39 Å². The van der Waals surface area contributed by atoms with Crippen molar-refractivity contribution in [2.45, 2.75) is 20.8 Å². The summed E-state index contributed by atoms with van der Waals surface area (Å²) >= 11 is 0. The van der Waals surface area contributed by atoms with Gasteiger partial charge in [0.2, 0.25) is 0 Å². The molecule has 1 aromatic heterocycles. The SMILES string of the molecule is Cc1cc(C)c2ccc(C=O)nc2c1C. The molecular formula is C13H13NO. The monoisotopic (exact) mass is 199 g/mol. The van der Waals surface area contributed by atoms with Gasteiger partial charge in [-0.1, -0.05) is 12.1 Å². The molecule has 0 aliphatic rings. The number of aldehydes is 1. The van der Waals surface area contributed by atoms with E-state index in [0.717, 1.165) is 22.8 Å². The maximum absolute atomic E-state index is 10.7. The minimum absolute atomic E-state index is 0.496. The van der Waals surface area contributed by atoms with Gasteiger partial charge in [0.15, 0.2) is 6.29 Å². The highest BCUT2D eigenvalue weighted by Gasteiger charge is 2.06. The number of pyridine rings is 1. The van der Waals surface area contributed by atoms with Crippen molar-refractivity contribution in [1.29, 1.82) is 0 Å². The smallest absolute Gasteiger partial charge is 0.168 e. The van der Waals surface area contributed by atoms with Crippen molar-refractivity contribution in [3.63, 3.8) is 0 Å². The minimum Gasteiger partial charge on any atom is -0.296 e. The van der Waals surface area contributed by atoms with Crippen LogP contribution in [0.15, 0.2) is 18.2 Å². The van der Waals surface area contributed by atoms with Gasteiger partial charge in [0.05, 0.1) is 5.52 Å². The quantitative estimate of drug-likeness (QED) is 0.661. The van der Waals surface area contributed by atoms with Crippen LogP contribution < -0.4 is 0 Å². The number of hydrogen-bond acceptors (Lipinski definition) is 2. The molecule has 0 saturated carbocycles. The normalized spacial score (nSPS) is 10.6. The van der Waals surface area contributed by atoms with Gasteiger partial charge in [0.1, 0.15) is 5.69 Å². The first-order valence-corrected chi connectivity index (χ1v) is 4.96. The molecule has 0 atom stereocenters. The summed E-state index contributed by atoms with van der Waals surface area (Å²) < 4.78 is 0. The number of carbonyl (C=O) groups is 1. The van der Waals surface area contributed by atoms with Crippen LogP contribution in [0.2, 0.25) is 0 Å². The van der Waals surface area contributed by atoms with Gasteiger partial charge in [-0.05, 0) is 43.5 Å². The molecule has 0 amide bonds. The Kier molecular flexibility index (Phi) is 2.27. The lowest BCUT2D eigenvalue weighted by atomic mass is 10.0. The van der Waals surface area contributed by atoms with E-state index in [1.54, 1.807) is 6.07 Å². The summed E-state index contributed by atoms with van der Waals surface area (Å²) in [6, 6.07) is 5.88. The Morgan fingerprint density at radius 1 is 1.13 bits per heavy atom. The molecule has 2 nitrogen and oxygen atoms in total. The second-order valence-corrected chi connectivity index (χ2v) is 3.89. The predicted molar refractivity (Wildman–Crippen MR) is 61.3 cm³/mol. The van der Waals surface area contributed by atoms with Gasteiger partial charge in [-0.3, -0.25) is 4.79 Å². The van der Waals surface area contributed by atoms with Crippen LogP contribution in [0.25, 0.3) is 10.9 Å². The van der Waals surface area contributed by atoms with Crippen molar-refractivity contribution in [2.75, 3.05) is 0 Å². The standard InChI is InChI=1S/C13H13NO/c1-8-6-9(2)12-5-4-11(7-15)14-13(12)10(8)3/h4-7H,1-3H3. The number of aryl methyl sites for hydroxylation is 3. The lowest BCUT2D eigenvalue weighted by Crippen LogP contribution is -1.94. The van der Waals surface area contributed by atoms with Crippen molar-refractivity contribution in [2.24, 2.45) is 0 Å². The molecule has 0 aliphatic heterocycles. The Morgan fingerprint density at radius 3 is 2.53 bits per heavy atom. The summed E-state index contributed by atoms with van der Waals surface area (Å²) in [5, 5.41) is 1.13. The first-order chi connectivity index (χ1) is 7.13. The van der Waals surface area contributed by atoms with Crippen LogP contribution in [0.5, 0.6) is 0 Å². The molecule has 0 radical (unpaired) electrons. The highest BCUT2D eigenvalue weighted by Crippen LogP contribution is 2.23. The fourth-order valence-electron chi connectivity index (χ4n) is 1.84. The largest absolute Gasteiger partial charge is 0.296 e. The molecule has 0 saturated heterocycles. The van der Waals surface area contributed by atoms with E-state index in [4.69, 9.17) is 0 Å². The summed E-state index contributed by atoms with van der Waals surface area (Å²) in [4.78, 5) is 15.0. The van der Waals surface area contributed by atoms with Crippen LogP contribution in [-0.2, 0) is 0 Å². The summed E-state index contributed by atoms with van der Waals surface area (Å²) in [6.45, 7) is 6.17. The first kappa shape index (κ1) is 9.84. The van der Waals surface area contributed by atoms with E-state index in [-0.39, 0.29) is 0 Å². The lowest BCUT2D eigenvalue weighted by molar-refractivity contribution is 0.111. The number of nitrogens with zero attached hydrogens (tertiary/aromatic N) is 1. The van der Waals surface area contributed by atoms with Gasteiger partial charge < -0.3 is 0 Å². The predicted octanol–water partition coefficient (Wildman–Crippen LogP) is 2.97. The Morgan fingerprint density at radius 2 is 1.87 bits per heavy atom. The zero-order valence-corrected chi connectivity index (χ0v) is 9.16. The Bertz CT molecular complexity index is 544. The maximum atomic E-state index is 10.7. The number of carbonyl (C=O) groups excluding carboxylic acids is 1. The van der Waals surface area contributed by atoms with Gasteiger partial charge in [-0.25, -0.2) is 4.98 Å². The van der Waals surface area contributed by atoms with Crippen LogP contribution >= 0.6 is 0 Å². The molecular weight excluding hydrogens is 186 g/mol. The van der Waals surface area contributed by atoms with Gasteiger partial charge >= 0.3 is 0 Å². The summed E-state index contributed by atoms with van der Waals surface area (Å²) in [5.41, 5.74) is 5.01.